The summed E-state index contributed by atoms with van der Waals surface area (Å²) in [7, 11) is 1.99. The Morgan fingerprint density at radius 3 is 2.80 bits per heavy atom. The second kappa shape index (κ2) is 3.82. The monoisotopic (exact) mass is 201 g/mol. The molecule has 15 heavy (non-hydrogen) atoms. The van der Waals surface area contributed by atoms with E-state index in [1.54, 1.807) is 0 Å². The number of rotatable bonds is 2. The topological polar surface area (TPSA) is 12.0 Å². The van der Waals surface area contributed by atoms with E-state index in [4.69, 9.17) is 0 Å². The van der Waals surface area contributed by atoms with Gasteiger partial charge < -0.3 is 5.32 Å². The molecule has 0 spiro atoms. The predicted octanol–water partition coefficient (Wildman–Crippen LogP) is 2.97. The lowest BCUT2D eigenvalue weighted by Crippen LogP contribution is -2.11. The maximum absolute atomic E-state index is 3.18. The number of fused-ring (bicyclic) bond motifs is 1. The SMILES string of the molecule is CNC/C=C1/CC(C)(C)c2ccccc21. The summed E-state index contributed by atoms with van der Waals surface area (Å²) >= 11 is 0. The molecule has 0 heterocycles. The molecule has 1 aromatic carbocycles. The van der Waals surface area contributed by atoms with Crippen LogP contribution >= 0.6 is 0 Å². The van der Waals surface area contributed by atoms with Gasteiger partial charge in [-0.05, 0) is 35.6 Å². The van der Waals surface area contributed by atoms with Gasteiger partial charge in [0.05, 0.1) is 0 Å². The van der Waals surface area contributed by atoms with Crippen molar-refractivity contribution in [3.05, 3.63) is 41.5 Å². The van der Waals surface area contributed by atoms with Crippen LogP contribution < -0.4 is 5.32 Å². The maximum Gasteiger partial charge on any atom is 0.0137 e. The largest absolute Gasteiger partial charge is 0.316 e. The molecule has 0 saturated heterocycles. The molecule has 0 unspecified atom stereocenters. The zero-order valence-corrected chi connectivity index (χ0v) is 9.80. The Morgan fingerprint density at radius 2 is 2.07 bits per heavy atom. The van der Waals surface area contributed by atoms with Crippen LogP contribution in [0.3, 0.4) is 0 Å². The zero-order valence-electron chi connectivity index (χ0n) is 9.80. The van der Waals surface area contributed by atoms with Crippen molar-refractivity contribution in [2.75, 3.05) is 13.6 Å². The minimum absolute atomic E-state index is 0.302. The first-order valence-corrected chi connectivity index (χ1v) is 5.58. The van der Waals surface area contributed by atoms with E-state index in [0.29, 0.717) is 5.41 Å². The fraction of sp³-hybridized carbons (Fsp3) is 0.429. The third-order valence-electron chi connectivity index (χ3n) is 3.19. The van der Waals surface area contributed by atoms with Crippen LogP contribution in [0.4, 0.5) is 0 Å². The van der Waals surface area contributed by atoms with Gasteiger partial charge in [0.25, 0.3) is 0 Å². The smallest absolute Gasteiger partial charge is 0.0137 e. The number of hydrogen-bond donors (Lipinski definition) is 1. The van der Waals surface area contributed by atoms with Crippen molar-refractivity contribution in [1.29, 1.82) is 0 Å². The molecule has 1 heteroatoms. The van der Waals surface area contributed by atoms with E-state index >= 15 is 0 Å². The summed E-state index contributed by atoms with van der Waals surface area (Å²) in [4.78, 5) is 0. The Hall–Kier alpha value is -1.08. The second-order valence-electron chi connectivity index (χ2n) is 4.89. The van der Waals surface area contributed by atoms with Gasteiger partial charge in [-0.25, -0.2) is 0 Å². The second-order valence-corrected chi connectivity index (χ2v) is 4.89. The normalized spacial score (nSPS) is 20.6. The molecule has 1 aromatic rings. The van der Waals surface area contributed by atoms with Crippen LogP contribution in [0.25, 0.3) is 5.57 Å². The minimum atomic E-state index is 0.302. The highest BCUT2D eigenvalue weighted by molar-refractivity contribution is 5.75. The molecule has 80 valence electrons. The van der Waals surface area contributed by atoms with Crippen LogP contribution in [-0.4, -0.2) is 13.6 Å². The van der Waals surface area contributed by atoms with Crippen molar-refractivity contribution < 1.29 is 0 Å². The highest BCUT2D eigenvalue weighted by Crippen LogP contribution is 2.44. The Balaban J connectivity index is 2.43. The summed E-state index contributed by atoms with van der Waals surface area (Å²) in [5.74, 6) is 0. The third kappa shape index (κ3) is 1.84. The molecule has 0 aliphatic heterocycles. The van der Waals surface area contributed by atoms with Gasteiger partial charge in [-0.2, -0.15) is 0 Å². The lowest BCUT2D eigenvalue weighted by Gasteiger charge is -2.17. The van der Waals surface area contributed by atoms with Gasteiger partial charge in [-0.1, -0.05) is 44.2 Å². The van der Waals surface area contributed by atoms with Crippen LogP contribution in [0.2, 0.25) is 0 Å². The average Bonchev–Trinajstić information content (AvgIpc) is 2.49. The van der Waals surface area contributed by atoms with Gasteiger partial charge in [0.1, 0.15) is 0 Å². The Labute approximate surface area is 92.2 Å². The number of likely N-dealkylation sites (N-methyl/N-ethyl adjacent to an activating group) is 1. The average molecular weight is 201 g/mol. The van der Waals surface area contributed by atoms with E-state index in [2.05, 4.69) is 49.5 Å². The molecular weight excluding hydrogens is 182 g/mol. The van der Waals surface area contributed by atoms with E-state index < -0.39 is 0 Å². The zero-order chi connectivity index (χ0) is 10.9. The van der Waals surface area contributed by atoms with Crippen LogP contribution in [0.1, 0.15) is 31.4 Å². The molecule has 0 radical (unpaired) electrons. The summed E-state index contributed by atoms with van der Waals surface area (Å²) < 4.78 is 0. The molecular formula is C14H19N. The Bertz CT molecular complexity index is 388. The quantitative estimate of drug-likeness (QED) is 0.775. The van der Waals surface area contributed by atoms with E-state index in [-0.39, 0.29) is 0 Å². The van der Waals surface area contributed by atoms with Crippen molar-refractivity contribution in [2.45, 2.75) is 25.7 Å². The van der Waals surface area contributed by atoms with Crippen LogP contribution in [0.5, 0.6) is 0 Å². The highest BCUT2D eigenvalue weighted by atomic mass is 14.8. The molecule has 0 bridgehead atoms. The first-order chi connectivity index (χ1) is 7.15. The van der Waals surface area contributed by atoms with Gasteiger partial charge in [0, 0.05) is 6.54 Å². The molecule has 0 fully saturated rings. The van der Waals surface area contributed by atoms with Crippen LogP contribution in [0.15, 0.2) is 30.3 Å². The third-order valence-corrected chi connectivity index (χ3v) is 3.19. The number of benzene rings is 1. The standard InChI is InChI=1S/C14H19N/c1-14(2)10-11(8-9-15-3)12-6-4-5-7-13(12)14/h4-8,15H,9-10H2,1-3H3/b11-8-. The highest BCUT2D eigenvalue weighted by Gasteiger charge is 2.32. The van der Waals surface area contributed by atoms with Crippen LogP contribution in [-0.2, 0) is 5.41 Å². The van der Waals surface area contributed by atoms with Gasteiger partial charge in [0.2, 0.25) is 0 Å². The summed E-state index contributed by atoms with van der Waals surface area (Å²) in [5.41, 5.74) is 4.73. The van der Waals surface area contributed by atoms with Gasteiger partial charge in [0.15, 0.2) is 0 Å². The molecule has 0 saturated carbocycles. The van der Waals surface area contributed by atoms with Crippen molar-refractivity contribution in [2.24, 2.45) is 0 Å². The molecule has 1 aliphatic carbocycles. The first-order valence-electron chi connectivity index (χ1n) is 5.58. The number of allylic oxidation sites excluding steroid dienone is 1. The molecule has 1 N–H and O–H groups in total. The van der Waals surface area contributed by atoms with Gasteiger partial charge >= 0.3 is 0 Å². The lowest BCUT2D eigenvalue weighted by atomic mass is 9.86. The van der Waals surface area contributed by atoms with E-state index in [0.717, 1.165) is 13.0 Å². The minimum Gasteiger partial charge on any atom is -0.316 e. The van der Waals surface area contributed by atoms with Crippen molar-refractivity contribution in [3.8, 4) is 0 Å². The van der Waals surface area contributed by atoms with E-state index in [9.17, 15) is 0 Å². The molecule has 0 aromatic heterocycles. The molecule has 0 atom stereocenters. The summed E-state index contributed by atoms with van der Waals surface area (Å²) in [5, 5.41) is 3.18. The Morgan fingerprint density at radius 1 is 1.33 bits per heavy atom. The molecule has 0 amide bonds. The van der Waals surface area contributed by atoms with Crippen molar-refractivity contribution in [3.63, 3.8) is 0 Å². The molecule has 2 rings (SSSR count). The number of hydrogen-bond acceptors (Lipinski definition) is 1. The molecule has 1 aliphatic rings. The fourth-order valence-corrected chi connectivity index (χ4v) is 2.43. The van der Waals surface area contributed by atoms with Gasteiger partial charge in [-0.15, -0.1) is 0 Å². The maximum atomic E-state index is 3.18. The first kappa shape index (κ1) is 10.4. The van der Waals surface area contributed by atoms with Gasteiger partial charge in [-0.3, -0.25) is 0 Å². The summed E-state index contributed by atoms with van der Waals surface area (Å²) in [6, 6.07) is 8.77. The lowest BCUT2D eigenvalue weighted by molar-refractivity contribution is 0.563. The number of nitrogens with one attached hydrogen (secondary N) is 1. The van der Waals surface area contributed by atoms with Crippen molar-refractivity contribution >= 4 is 5.57 Å². The predicted molar refractivity (Wildman–Crippen MR) is 66.0 cm³/mol. The summed E-state index contributed by atoms with van der Waals surface area (Å²) in [6.45, 7) is 5.61. The van der Waals surface area contributed by atoms with Crippen molar-refractivity contribution in [1.82, 2.24) is 5.32 Å². The van der Waals surface area contributed by atoms with Crippen LogP contribution in [0, 0.1) is 0 Å². The Kier molecular flexibility index (Phi) is 2.66. The van der Waals surface area contributed by atoms with E-state index in [1.807, 2.05) is 7.05 Å². The molecule has 1 nitrogen and oxygen atoms in total. The van der Waals surface area contributed by atoms with E-state index in [1.165, 1.54) is 16.7 Å². The summed E-state index contributed by atoms with van der Waals surface area (Å²) in [6.07, 6.45) is 3.47. The fourth-order valence-electron chi connectivity index (χ4n) is 2.43.